The molecule has 6 heteroatoms. The number of nitrogens with zero attached hydrogens (tertiary/aromatic N) is 2. The Morgan fingerprint density at radius 1 is 1.45 bits per heavy atom. The zero-order chi connectivity index (χ0) is 16.1. The fourth-order valence-electron chi connectivity index (χ4n) is 1.93. The molecule has 0 aliphatic heterocycles. The van der Waals surface area contributed by atoms with E-state index in [2.05, 4.69) is 27.6 Å². The zero-order valence-electron chi connectivity index (χ0n) is 12.1. The fourth-order valence-corrected chi connectivity index (χ4v) is 2.33. The molecule has 0 bridgehead atoms. The molecule has 0 aliphatic carbocycles. The van der Waals surface area contributed by atoms with Gasteiger partial charge >= 0.3 is 5.97 Å². The molecular weight excluding hydrogens is 348 g/mol. The van der Waals surface area contributed by atoms with E-state index in [4.69, 9.17) is 4.74 Å². The Labute approximate surface area is 136 Å². The van der Waals surface area contributed by atoms with Crippen molar-refractivity contribution in [2.45, 2.75) is 13.5 Å². The molecule has 0 unspecified atom stereocenters. The number of halogens is 1. The van der Waals surface area contributed by atoms with E-state index in [-0.39, 0.29) is 18.7 Å². The lowest BCUT2D eigenvalue weighted by atomic mass is 10.1. The first-order valence-electron chi connectivity index (χ1n) is 6.73. The van der Waals surface area contributed by atoms with Crippen molar-refractivity contribution in [3.8, 4) is 11.3 Å². The molecule has 0 spiro atoms. The molecule has 22 heavy (non-hydrogen) atoms. The van der Waals surface area contributed by atoms with Crippen molar-refractivity contribution in [3.63, 3.8) is 0 Å². The third-order valence-electron chi connectivity index (χ3n) is 2.89. The van der Waals surface area contributed by atoms with E-state index in [1.165, 1.54) is 10.7 Å². The molecule has 0 radical (unpaired) electrons. The van der Waals surface area contributed by atoms with Crippen LogP contribution in [-0.4, -0.2) is 22.4 Å². The number of allylic oxidation sites excluding steroid dienone is 1. The van der Waals surface area contributed by atoms with Crippen LogP contribution in [0.5, 0.6) is 0 Å². The number of benzene rings is 1. The molecule has 1 aromatic heterocycles. The third kappa shape index (κ3) is 3.51. The van der Waals surface area contributed by atoms with Crippen molar-refractivity contribution in [1.82, 2.24) is 9.78 Å². The minimum absolute atomic E-state index is 0.0336. The Bertz CT molecular complexity index is 768. The van der Waals surface area contributed by atoms with E-state index in [0.717, 1.165) is 10.0 Å². The molecule has 0 N–H and O–H groups in total. The van der Waals surface area contributed by atoms with Gasteiger partial charge in [0.25, 0.3) is 5.56 Å². The van der Waals surface area contributed by atoms with Crippen molar-refractivity contribution < 1.29 is 9.53 Å². The summed E-state index contributed by atoms with van der Waals surface area (Å²) < 4.78 is 7.03. The van der Waals surface area contributed by atoms with Gasteiger partial charge in [0.1, 0.15) is 5.56 Å². The van der Waals surface area contributed by atoms with Gasteiger partial charge in [-0.3, -0.25) is 4.79 Å². The van der Waals surface area contributed by atoms with Gasteiger partial charge in [0, 0.05) is 10.0 Å². The predicted octanol–water partition coefficient (Wildman–Crippen LogP) is 3.04. The van der Waals surface area contributed by atoms with Gasteiger partial charge in [0.15, 0.2) is 0 Å². The smallest absolute Gasteiger partial charge is 0.343 e. The van der Waals surface area contributed by atoms with Gasteiger partial charge < -0.3 is 4.74 Å². The molecule has 1 heterocycles. The Kier molecular flexibility index (Phi) is 5.27. The normalized spacial score (nSPS) is 10.3. The van der Waals surface area contributed by atoms with Gasteiger partial charge in [0.05, 0.1) is 18.8 Å². The number of carbonyl (C=O) groups excluding carboxylic acids is 1. The maximum Gasteiger partial charge on any atom is 0.343 e. The third-order valence-corrected chi connectivity index (χ3v) is 3.39. The summed E-state index contributed by atoms with van der Waals surface area (Å²) in [4.78, 5) is 24.2. The first-order chi connectivity index (χ1) is 10.6. The highest BCUT2D eigenvalue weighted by molar-refractivity contribution is 9.10. The van der Waals surface area contributed by atoms with Crippen molar-refractivity contribution in [2.75, 3.05) is 6.61 Å². The highest BCUT2D eigenvalue weighted by atomic mass is 79.9. The largest absolute Gasteiger partial charge is 0.462 e. The minimum atomic E-state index is -0.649. The van der Waals surface area contributed by atoms with Crippen LogP contribution in [0.1, 0.15) is 17.3 Å². The topological polar surface area (TPSA) is 61.2 Å². The lowest BCUT2D eigenvalue weighted by molar-refractivity contribution is 0.0523. The molecule has 0 saturated carbocycles. The number of carbonyl (C=O) groups is 1. The van der Waals surface area contributed by atoms with Gasteiger partial charge in [-0.1, -0.05) is 34.1 Å². The van der Waals surface area contributed by atoms with E-state index < -0.39 is 11.5 Å². The number of ether oxygens (including phenoxy) is 1. The van der Waals surface area contributed by atoms with Gasteiger partial charge in [0.2, 0.25) is 0 Å². The molecular formula is C16H15BrN2O3. The second kappa shape index (κ2) is 7.17. The first-order valence-corrected chi connectivity index (χ1v) is 7.52. The van der Waals surface area contributed by atoms with Crippen LogP contribution in [0.3, 0.4) is 0 Å². The molecule has 2 aromatic rings. The molecule has 0 saturated heterocycles. The Morgan fingerprint density at radius 2 is 2.23 bits per heavy atom. The Hall–Kier alpha value is -2.21. The van der Waals surface area contributed by atoms with Gasteiger partial charge in [-0.15, -0.1) is 6.58 Å². The van der Waals surface area contributed by atoms with Crippen LogP contribution in [0.25, 0.3) is 11.3 Å². The van der Waals surface area contributed by atoms with Crippen LogP contribution in [-0.2, 0) is 11.3 Å². The van der Waals surface area contributed by atoms with Crippen LogP contribution in [0, 0.1) is 0 Å². The molecule has 0 atom stereocenters. The van der Waals surface area contributed by atoms with E-state index in [9.17, 15) is 9.59 Å². The van der Waals surface area contributed by atoms with Crippen LogP contribution in [0.15, 0.2) is 52.3 Å². The summed E-state index contributed by atoms with van der Waals surface area (Å²) in [6, 6.07) is 8.91. The van der Waals surface area contributed by atoms with Crippen LogP contribution in [0.2, 0.25) is 0 Å². The Balaban J connectivity index is 2.62. The summed E-state index contributed by atoms with van der Waals surface area (Å²) in [5, 5.41) is 4.28. The second-order valence-electron chi connectivity index (χ2n) is 4.45. The summed E-state index contributed by atoms with van der Waals surface area (Å²) >= 11 is 3.39. The monoisotopic (exact) mass is 362 g/mol. The SMILES string of the molecule is C=CCn1nc(-c2cccc(Br)c2)cc(C(=O)OCC)c1=O. The highest BCUT2D eigenvalue weighted by Crippen LogP contribution is 2.21. The van der Waals surface area contributed by atoms with E-state index >= 15 is 0 Å². The number of hydrogen-bond donors (Lipinski definition) is 0. The molecule has 2 rings (SSSR count). The molecule has 0 aliphatic rings. The van der Waals surface area contributed by atoms with Gasteiger partial charge in [-0.05, 0) is 25.1 Å². The standard InChI is InChI=1S/C16H15BrN2O3/c1-3-8-19-15(20)13(16(21)22-4-2)10-14(18-19)11-6-5-7-12(17)9-11/h3,5-7,9-10H,1,4,8H2,2H3. The molecule has 5 nitrogen and oxygen atoms in total. The van der Waals surface area contributed by atoms with Crippen molar-refractivity contribution >= 4 is 21.9 Å². The molecule has 0 amide bonds. The summed E-state index contributed by atoms with van der Waals surface area (Å²) in [5.74, 6) is -0.649. The number of esters is 1. The van der Waals surface area contributed by atoms with Crippen molar-refractivity contribution in [2.24, 2.45) is 0 Å². The number of hydrogen-bond acceptors (Lipinski definition) is 4. The lowest BCUT2D eigenvalue weighted by Crippen LogP contribution is -2.29. The number of rotatable bonds is 5. The number of aromatic nitrogens is 2. The van der Waals surface area contributed by atoms with Crippen molar-refractivity contribution in [3.05, 3.63) is 63.4 Å². The lowest BCUT2D eigenvalue weighted by Gasteiger charge is -2.09. The maximum absolute atomic E-state index is 12.3. The van der Waals surface area contributed by atoms with Gasteiger partial charge in [-0.25, -0.2) is 9.48 Å². The minimum Gasteiger partial charge on any atom is -0.462 e. The summed E-state index contributed by atoms with van der Waals surface area (Å²) in [6.45, 7) is 5.71. The van der Waals surface area contributed by atoms with Crippen LogP contribution >= 0.6 is 15.9 Å². The summed E-state index contributed by atoms with van der Waals surface area (Å²) in [7, 11) is 0. The summed E-state index contributed by atoms with van der Waals surface area (Å²) in [5.41, 5.74) is 0.786. The fraction of sp³-hybridized carbons (Fsp3) is 0.188. The van der Waals surface area contributed by atoms with Crippen molar-refractivity contribution in [1.29, 1.82) is 0 Å². The summed E-state index contributed by atoms with van der Waals surface area (Å²) in [6.07, 6.45) is 1.55. The average Bonchev–Trinajstić information content (AvgIpc) is 2.49. The molecule has 1 aromatic carbocycles. The first kappa shape index (κ1) is 16.2. The van der Waals surface area contributed by atoms with Crippen LogP contribution < -0.4 is 5.56 Å². The van der Waals surface area contributed by atoms with E-state index in [1.54, 1.807) is 13.0 Å². The molecule has 114 valence electrons. The van der Waals surface area contributed by atoms with E-state index in [0.29, 0.717) is 5.69 Å². The molecule has 0 fully saturated rings. The quantitative estimate of drug-likeness (QED) is 0.605. The predicted molar refractivity (Wildman–Crippen MR) is 87.8 cm³/mol. The Morgan fingerprint density at radius 3 is 2.86 bits per heavy atom. The zero-order valence-corrected chi connectivity index (χ0v) is 13.7. The second-order valence-corrected chi connectivity index (χ2v) is 5.37. The average molecular weight is 363 g/mol. The van der Waals surface area contributed by atoms with Gasteiger partial charge in [-0.2, -0.15) is 5.10 Å². The highest BCUT2D eigenvalue weighted by Gasteiger charge is 2.17. The van der Waals surface area contributed by atoms with E-state index in [1.807, 2.05) is 24.3 Å². The maximum atomic E-state index is 12.3. The van der Waals surface area contributed by atoms with Crippen LogP contribution in [0.4, 0.5) is 0 Å².